The highest BCUT2D eigenvalue weighted by atomic mass is 32.2. The third-order valence-electron chi connectivity index (χ3n) is 2.86. The van der Waals surface area contributed by atoms with Gasteiger partial charge in [0.15, 0.2) is 0 Å². The van der Waals surface area contributed by atoms with Crippen molar-refractivity contribution in [2.24, 2.45) is 0 Å². The summed E-state index contributed by atoms with van der Waals surface area (Å²) < 4.78 is 11.4. The first-order chi connectivity index (χ1) is 12.8. The van der Waals surface area contributed by atoms with Crippen molar-refractivity contribution in [3.05, 3.63) is 35.4 Å². The predicted octanol–water partition coefficient (Wildman–Crippen LogP) is 4.34. The number of rotatable bonds is 4. The summed E-state index contributed by atoms with van der Waals surface area (Å²) in [5.74, 6) is -0.158. The molecule has 2 amide bonds. The fraction of sp³-hybridized carbons (Fsp3) is 0.474. The van der Waals surface area contributed by atoms with Crippen LogP contribution in [0.4, 0.5) is 9.59 Å². The second-order valence-corrected chi connectivity index (χ2v) is 8.80. The smallest absolute Gasteiger partial charge is 0.427 e. The lowest BCUT2D eigenvalue weighted by Crippen LogP contribution is -2.46. The normalized spacial score (nSPS) is 11.4. The maximum atomic E-state index is 12.5. The summed E-state index contributed by atoms with van der Waals surface area (Å²) in [5.41, 5.74) is -0.145. The SMILES string of the molecule is CC(C)(C)OC(=O)NC(=N)N(SCc1ccc(C=O)cc1)C(=O)OC(C)(C)C. The molecule has 0 aliphatic heterocycles. The van der Waals surface area contributed by atoms with Crippen LogP contribution in [0.3, 0.4) is 0 Å². The van der Waals surface area contributed by atoms with Gasteiger partial charge in [0.25, 0.3) is 0 Å². The van der Waals surface area contributed by atoms with Crippen LogP contribution in [0.15, 0.2) is 24.3 Å². The van der Waals surface area contributed by atoms with Gasteiger partial charge >= 0.3 is 12.2 Å². The van der Waals surface area contributed by atoms with Crippen molar-refractivity contribution < 1.29 is 23.9 Å². The predicted molar refractivity (Wildman–Crippen MR) is 108 cm³/mol. The number of benzene rings is 1. The Kier molecular flexibility index (Phi) is 8.04. The minimum absolute atomic E-state index is 0.316. The summed E-state index contributed by atoms with van der Waals surface area (Å²) in [5, 5.41) is 10.3. The topological polar surface area (TPSA) is 109 Å². The third-order valence-corrected chi connectivity index (χ3v) is 3.91. The van der Waals surface area contributed by atoms with Crippen LogP contribution in [0.25, 0.3) is 0 Å². The van der Waals surface area contributed by atoms with E-state index in [1.54, 1.807) is 65.8 Å². The number of nitrogens with zero attached hydrogens (tertiary/aromatic N) is 1. The second-order valence-electron chi connectivity index (χ2n) is 7.88. The third kappa shape index (κ3) is 8.90. The monoisotopic (exact) mass is 409 g/mol. The van der Waals surface area contributed by atoms with Crippen LogP contribution in [0.5, 0.6) is 0 Å². The molecule has 0 atom stereocenters. The number of ether oxygens (including phenoxy) is 2. The fourth-order valence-corrected chi connectivity index (χ4v) is 2.58. The molecular formula is C19H27N3O5S. The first-order valence-electron chi connectivity index (χ1n) is 8.59. The Morgan fingerprint density at radius 2 is 1.61 bits per heavy atom. The van der Waals surface area contributed by atoms with Crippen LogP contribution in [0.1, 0.15) is 57.5 Å². The van der Waals surface area contributed by atoms with Gasteiger partial charge in [0, 0.05) is 11.3 Å². The Morgan fingerprint density at radius 3 is 2.07 bits per heavy atom. The summed E-state index contributed by atoms with van der Waals surface area (Å²) in [6.45, 7) is 10.2. The minimum Gasteiger partial charge on any atom is -0.444 e. The lowest BCUT2D eigenvalue weighted by Gasteiger charge is -2.27. The second kappa shape index (κ2) is 9.59. The van der Waals surface area contributed by atoms with E-state index in [0.717, 1.165) is 28.1 Å². The van der Waals surface area contributed by atoms with E-state index in [1.165, 1.54) is 0 Å². The molecule has 1 rings (SSSR count). The Morgan fingerprint density at radius 1 is 1.07 bits per heavy atom. The van der Waals surface area contributed by atoms with E-state index in [4.69, 9.17) is 14.9 Å². The van der Waals surface area contributed by atoms with E-state index in [9.17, 15) is 14.4 Å². The van der Waals surface area contributed by atoms with E-state index >= 15 is 0 Å². The molecule has 0 heterocycles. The first kappa shape index (κ1) is 23.5. The zero-order valence-corrected chi connectivity index (χ0v) is 17.8. The van der Waals surface area contributed by atoms with Crippen LogP contribution in [-0.2, 0) is 15.2 Å². The van der Waals surface area contributed by atoms with Gasteiger partial charge in [-0.25, -0.2) is 9.59 Å². The molecule has 0 unspecified atom stereocenters. The molecular weight excluding hydrogens is 382 g/mol. The molecule has 0 saturated carbocycles. The largest absolute Gasteiger partial charge is 0.444 e. The van der Waals surface area contributed by atoms with Crippen molar-refractivity contribution in [1.29, 1.82) is 5.41 Å². The summed E-state index contributed by atoms with van der Waals surface area (Å²) in [6, 6.07) is 6.81. The molecule has 1 aromatic carbocycles. The van der Waals surface area contributed by atoms with Gasteiger partial charge in [0.1, 0.15) is 17.5 Å². The van der Waals surface area contributed by atoms with Crippen molar-refractivity contribution in [1.82, 2.24) is 9.62 Å². The molecule has 154 valence electrons. The highest BCUT2D eigenvalue weighted by Gasteiger charge is 2.28. The standard InChI is InChI=1S/C19H27N3O5S/c1-18(2,3)26-16(24)21-15(20)22(17(25)27-19(4,5)6)28-12-14-9-7-13(11-23)8-10-14/h7-11H,12H2,1-6H3,(H2,20,21,24). The first-order valence-corrected chi connectivity index (χ1v) is 9.54. The van der Waals surface area contributed by atoms with Crippen molar-refractivity contribution >= 4 is 36.4 Å². The molecule has 0 radical (unpaired) electrons. The van der Waals surface area contributed by atoms with Crippen LogP contribution >= 0.6 is 11.9 Å². The van der Waals surface area contributed by atoms with Crippen molar-refractivity contribution in [2.45, 2.75) is 58.5 Å². The summed E-state index contributed by atoms with van der Waals surface area (Å²) in [6.07, 6.45) is -0.894. The Balaban J connectivity index is 2.87. The molecule has 0 fully saturated rings. The maximum Gasteiger partial charge on any atom is 0.427 e. The minimum atomic E-state index is -0.845. The van der Waals surface area contributed by atoms with Gasteiger partial charge < -0.3 is 9.47 Å². The van der Waals surface area contributed by atoms with Gasteiger partial charge in [0.05, 0.1) is 0 Å². The van der Waals surface area contributed by atoms with Gasteiger partial charge in [0.2, 0.25) is 5.96 Å². The summed E-state index contributed by atoms with van der Waals surface area (Å²) >= 11 is 0.981. The van der Waals surface area contributed by atoms with Gasteiger partial charge in [-0.05, 0) is 59.1 Å². The highest BCUT2D eigenvalue weighted by Crippen LogP contribution is 2.21. The zero-order valence-electron chi connectivity index (χ0n) is 17.0. The molecule has 8 nitrogen and oxygen atoms in total. The summed E-state index contributed by atoms with van der Waals surface area (Å²) in [4.78, 5) is 35.2. The van der Waals surface area contributed by atoms with E-state index < -0.39 is 29.3 Å². The van der Waals surface area contributed by atoms with Gasteiger partial charge in [-0.15, -0.1) is 0 Å². The quantitative estimate of drug-likeness (QED) is 0.331. The average Bonchev–Trinajstić information content (AvgIpc) is 2.52. The van der Waals surface area contributed by atoms with Gasteiger partial charge in [-0.3, -0.25) is 15.5 Å². The summed E-state index contributed by atoms with van der Waals surface area (Å²) in [7, 11) is 0. The highest BCUT2D eigenvalue weighted by molar-refractivity contribution is 7.97. The molecule has 0 spiro atoms. The number of aldehydes is 1. The van der Waals surface area contributed by atoms with Crippen LogP contribution in [0.2, 0.25) is 0 Å². The van der Waals surface area contributed by atoms with Crippen molar-refractivity contribution in [3.8, 4) is 0 Å². The van der Waals surface area contributed by atoms with Crippen LogP contribution in [0, 0.1) is 5.41 Å². The Hall–Kier alpha value is -2.55. The van der Waals surface area contributed by atoms with Crippen molar-refractivity contribution in [2.75, 3.05) is 0 Å². The lowest BCUT2D eigenvalue weighted by atomic mass is 10.2. The van der Waals surface area contributed by atoms with E-state index in [-0.39, 0.29) is 0 Å². The molecule has 0 saturated heterocycles. The Bertz CT molecular complexity index is 721. The number of hydrogen-bond donors (Lipinski definition) is 2. The van der Waals surface area contributed by atoms with E-state index in [1.807, 2.05) is 0 Å². The lowest BCUT2D eigenvalue weighted by molar-refractivity contribution is 0.0463. The average molecular weight is 410 g/mol. The molecule has 0 bridgehead atoms. The number of amides is 2. The molecule has 0 aliphatic rings. The molecule has 9 heteroatoms. The number of nitrogens with one attached hydrogen (secondary N) is 2. The van der Waals surface area contributed by atoms with Gasteiger partial charge in [-0.2, -0.15) is 4.31 Å². The molecule has 1 aromatic rings. The number of hydrogen-bond acceptors (Lipinski definition) is 7. The van der Waals surface area contributed by atoms with Gasteiger partial charge in [-0.1, -0.05) is 24.3 Å². The molecule has 0 aromatic heterocycles. The molecule has 28 heavy (non-hydrogen) atoms. The maximum absolute atomic E-state index is 12.5. The number of carbonyl (C=O) groups excluding carboxylic acids is 3. The number of guanidine groups is 1. The van der Waals surface area contributed by atoms with Crippen LogP contribution in [-0.4, -0.2) is 39.9 Å². The van der Waals surface area contributed by atoms with E-state index in [0.29, 0.717) is 11.3 Å². The van der Waals surface area contributed by atoms with Crippen molar-refractivity contribution in [3.63, 3.8) is 0 Å². The fourth-order valence-electron chi connectivity index (χ4n) is 1.79. The molecule has 2 N–H and O–H groups in total. The Labute approximate surface area is 169 Å². The van der Waals surface area contributed by atoms with E-state index in [2.05, 4.69) is 5.32 Å². The molecule has 0 aliphatic carbocycles. The van der Waals surface area contributed by atoms with Crippen LogP contribution < -0.4 is 5.32 Å². The number of carbonyl (C=O) groups is 3. The number of alkyl carbamates (subject to hydrolysis) is 1. The zero-order chi connectivity index (χ0) is 21.5.